The fourth-order valence-electron chi connectivity index (χ4n) is 2.74. The standard InChI is InChI=1S/C15H21N3S2/c1-10-8-12(6-7-18(10)2)16-11-4-5-13-14(9-11)20-15(17-13)19-3/h4-5,9-10,12,16H,6-8H2,1-3H3. The zero-order chi connectivity index (χ0) is 14.1. The number of nitrogens with zero attached hydrogens (tertiary/aromatic N) is 2. The Morgan fingerprint density at radius 3 is 3.05 bits per heavy atom. The first-order valence-electron chi connectivity index (χ1n) is 7.07. The molecule has 1 aromatic carbocycles. The first-order chi connectivity index (χ1) is 9.65. The molecule has 2 heterocycles. The van der Waals surface area contributed by atoms with E-state index in [1.54, 1.807) is 23.1 Å². The van der Waals surface area contributed by atoms with Crippen LogP contribution in [0.1, 0.15) is 19.8 Å². The number of aromatic nitrogens is 1. The maximum absolute atomic E-state index is 4.59. The largest absolute Gasteiger partial charge is 0.382 e. The normalized spacial score (nSPS) is 24.1. The Bertz CT molecular complexity index is 596. The average Bonchev–Trinajstić information content (AvgIpc) is 2.85. The number of anilines is 1. The number of fused-ring (bicyclic) bond motifs is 1. The van der Waals surface area contributed by atoms with E-state index in [-0.39, 0.29) is 0 Å². The molecular formula is C15H21N3S2. The summed E-state index contributed by atoms with van der Waals surface area (Å²) < 4.78 is 2.42. The van der Waals surface area contributed by atoms with Crippen LogP contribution in [0, 0.1) is 0 Å². The van der Waals surface area contributed by atoms with Crippen LogP contribution < -0.4 is 5.32 Å². The molecule has 3 nitrogen and oxygen atoms in total. The number of thioether (sulfide) groups is 1. The van der Waals surface area contributed by atoms with E-state index in [2.05, 4.69) is 53.6 Å². The van der Waals surface area contributed by atoms with E-state index in [0.29, 0.717) is 12.1 Å². The van der Waals surface area contributed by atoms with Crippen LogP contribution in [0.5, 0.6) is 0 Å². The van der Waals surface area contributed by atoms with Gasteiger partial charge in [-0.15, -0.1) is 11.3 Å². The number of piperidine rings is 1. The smallest absolute Gasteiger partial charge is 0.150 e. The summed E-state index contributed by atoms with van der Waals surface area (Å²) in [4.78, 5) is 7.03. The van der Waals surface area contributed by atoms with Gasteiger partial charge in [-0.2, -0.15) is 0 Å². The highest BCUT2D eigenvalue weighted by Crippen LogP contribution is 2.30. The maximum atomic E-state index is 4.59. The molecule has 1 fully saturated rings. The molecule has 0 aliphatic carbocycles. The molecule has 0 spiro atoms. The summed E-state index contributed by atoms with van der Waals surface area (Å²) in [5.41, 5.74) is 2.34. The minimum absolute atomic E-state index is 0.589. The average molecular weight is 307 g/mol. The lowest BCUT2D eigenvalue weighted by Gasteiger charge is -2.35. The molecule has 0 radical (unpaired) electrons. The third-order valence-corrected chi connectivity index (χ3v) is 6.13. The highest BCUT2D eigenvalue weighted by Gasteiger charge is 2.22. The van der Waals surface area contributed by atoms with Gasteiger partial charge >= 0.3 is 0 Å². The quantitative estimate of drug-likeness (QED) is 0.870. The molecule has 2 unspecified atom stereocenters. The molecule has 1 saturated heterocycles. The summed E-state index contributed by atoms with van der Waals surface area (Å²) >= 11 is 3.50. The second kappa shape index (κ2) is 5.92. The predicted molar refractivity (Wildman–Crippen MR) is 90.1 cm³/mol. The Labute approximate surface area is 128 Å². The first-order valence-corrected chi connectivity index (χ1v) is 9.11. The van der Waals surface area contributed by atoms with Crippen LogP contribution in [0.15, 0.2) is 22.5 Å². The number of hydrogen-bond acceptors (Lipinski definition) is 5. The minimum Gasteiger partial charge on any atom is -0.382 e. The van der Waals surface area contributed by atoms with Gasteiger partial charge in [0.25, 0.3) is 0 Å². The summed E-state index contributed by atoms with van der Waals surface area (Å²) in [6.07, 6.45) is 4.52. The summed E-state index contributed by atoms with van der Waals surface area (Å²) in [6, 6.07) is 7.79. The molecule has 1 aliphatic rings. The van der Waals surface area contributed by atoms with Gasteiger partial charge in [-0.25, -0.2) is 4.98 Å². The first kappa shape index (κ1) is 14.2. The zero-order valence-corrected chi connectivity index (χ0v) is 13.9. The summed E-state index contributed by atoms with van der Waals surface area (Å²) in [7, 11) is 2.22. The van der Waals surface area contributed by atoms with E-state index in [1.807, 2.05) is 0 Å². The van der Waals surface area contributed by atoms with E-state index in [4.69, 9.17) is 0 Å². The van der Waals surface area contributed by atoms with Crippen LogP contribution in [0.25, 0.3) is 10.2 Å². The van der Waals surface area contributed by atoms with Crippen LogP contribution >= 0.6 is 23.1 Å². The third kappa shape index (κ3) is 2.95. The van der Waals surface area contributed by atoms with Gasteiger partial charge in [0.1, 0.15) is 0 Å². The number of likely N-dealkylation sites (tertiary alicyclic amines) is 1. The summed E-state index contributed by atoms with van der Waals surface area (Å²) in [5, 5.41) is 3.70. The molecule has 2 aromatic rings. The Morgan fingerprint density at radius 2 is 2.30 bits per heavy atom. The number of benzene rings is 1. The molecule has 1 aliphatic heterocycles. The fourth-order valence-corrected chi connectivity index (χ4v) is 4.27. The van der Waals surface area contributed by atoms with Gasteiger partial charge in [0.15, 0.2) is 4.34 Å². The molecule has 1 N–H and O–H groups in total. The van der Waals surface area contributed by atoms with Crippen molar-refractivity contribution in [2.75, 3.05) is 25.2 Å². The van der Waals surface area contributed by atoms with E-state index < -0.39 is 0 Å². The van der Waals surface area contributed by atoms with Crippen LogP contribution in [0.3, 0.4) is 0 Å². The van der Waals surface area contributed by atoms with E-state index in [0.717, 1.165) is 9.86 Å². The van der Waals surface area contributed by atoms with Crippen molar-refractivity contribution in [1.82, 2.24) is 9.88 Å². The number of rotatable bonds is 3. The van der Waals surface area contributed by atoms with E-state index >= 15 is 0 Å². The summed E-state index contributed by atoms with van der Waals surface area (Å²) in [5.74, 6) is 0. The molecule has 3 rings (SSSR count). The van der Waals surface area contributed by atoms with Crippen molar-refractivity contribution in [3.8, 4) is 0 Å². The molecule has 1 aromatic heterocycles. The highest BCUT2D eigenvalue weighted by molar-refractivity contribution is 8.00. The van der Waals surface area contributed by atoms with Crippen LogP contribution in [0.4, 0.5) is 5.69 Å². The monoisotopic (exact) mass is 307 g/mol. The summed E-state index contributed by atoms with van der Waals surface area (Å²) in [6.45, 7) is 3.49. The van der Waals surface area contributed by atoms with Crippen molar-refractivity contribution in [3.05, 3.63) is 18.2 Å². The topological polar surface area (TPSA) is 28.2 Å². The molecule has 2 atom stereocenters. The number of nitrogens with one attached hydrogen (secondary N) is 1. The molecular weight excluding hydrogens is 286 g/mol. The molecule has 108 valence electrons. The molecule has 0 saturated carbocycles. The molecule has 5 heteroatoms. The highest BCUT2D eigenvalue weighted by atomic mass is 32.2. The SMILES string of the molecule is CSc1nc2ccc(NC3CCN(C)C(C)C3)cc2s1. The fraction of sp³-hybridized carbons (Fsp3) is 0.533. The Hall–Kier alpha value is -0.780. The second-order valence-electron chi connectivity index (χ2n) is 5.56. The number of thiazole rings is 1. The zero-order valence-electron chi connectivity index (χ0n) is 12.2. The number of hydrogen-bond donors (Lipinski definition) is 1. The van der Waals surface area contributed by atoms with E-state index in [1.165, 1.54) is 29.8 Å². The van der Waals surface area contributed by atoms with Gasteiger partial charge in [-0.1, -0.05) is 11.8 Å². The molecule has 0 bridgehead atoms. The van der Waals surface area contributed by atoms with Gasteiger partial charge in [0.2, 0.25) is 0 Å². The molecule has 20 heavy (non-hydrogen) atoms. The maximum Gasteiger partial charge on any atom is 0.150 e. The van der Waals surface area contributed by atoms with E-state index in [9.17, 15) is 0 Å². The predicted octanol–water partition coefficient (Wildman–Crippen LogP) is 3.91. The van der Waals surface area contributed by atoms with Crippen LogP contribution in [0.2, 0.25) is 0 Å². The lowest BCUT2D eigenvalue weighted by atomic mass is 9.99. The minimum atomic E-state index is 0.589. The van der Waals surface area contributed by atoms with Crippen molar-refractivity contribution in [3.63, 3.8) is 0 Å². The van der Waals surface area contributed by atoms with Crippen molar-refractivity contribution < 1.29 is 0 Å². The molecule has 0 amide bonds. The second-order valence-corrected chi connectivity index (χ2v) is 7.65. The van der Waals surface area contributed by atoms with Gasteiger partial charge in [0.05, 0.1) is 10.2 Å². The van der Waals surface area contributed by atoms with Crippen molar-refractivity contribution in [1.29, 1.82) is 0 Å². The van der Waals surface area contributed by atoms with Crippen molar-refractivity contribution in [2.45, 2.75) is 36.2 Å². The van der Waals surface area contributed by atoms with Crippen LogP contribution in [-0.2, 0) is 0 Å². The lowest BCUT2D eigenvalue weighted by molar-refractivity contribution is 0.190. The Morgan fingerprint density at radius 1 is 1.45 bits per heavy atom. The third-order valence-electron chi connectivity index (χ3n) is 4.12. The van der Waals surface area contributed by atoms with Crippen molar-refractivity contribution in [2.24, 2.45) is 0 Å². The Balaban J connectivity index is 1.74. The van der Waals surface area contributed by atoms with Gasteiger partial charge in [-0.05, 0) is 51.3 Å². The van der Waals surface area contributed by atoms with Gasteiger partial charge in [0, 0.05) is 24.3 Å². The lowest BCUT2D eigenvalue weighted by Crippen LogP contribution is -2.42. The van der Waals surface area contributed by atoms with Gasteiger partial charge in [-0.3, -0.25) is 0 Å². The van der Waals surface area contributed by atoms with Gasteiger partial charge < -0.3 is 10.2 Å². The Kier molecular flexibility index (Phi) is 4.19. The van der Waals surface area contributed by atoms with Crippen LogP contribution in [-0.4, -0.2) is 41.8 Å². The van der Waals surface area contributed by atoms with Crippen molar-refractivity contribution >= 4 is 39.0 Å².